The SMILES string of the molecule is C=C/C=C(\CCC)Nc1ccccc1. The quantitative estimate of drug-likeness (QED) is 0.688. The lowest BCUT2D eigenvalue weighted by atomic mass is 10.2. The van der Waals surface area contributed by atoms with Crippen LogP contribution >= 0.6 is 0 Å². The van der Waals surface area contributed by atoms with Crippen molar-refractivity contribution in [3.8, 4) is 0 Å². The normalized spacial score (nSPS) is 11.1. The minimum atomic E-state index is 1.06. The van der Waals surface area contributed by atoms with Gasteiger partial charge in [-0.1, -0.05) is 44.2 Å². The number of nitrogens with one attached hydrogen (secondary N) is 1. The van der Waals surface area contributed by atoms with Gasteiger partial charge in [0, 0.05) is 11.4 Å². The Morgan fingerprint density at radius 3 is 2.64 bits per heavy atom. The van der Waals surface area contributed by atoms with E-state index in [0.717, 1.165) is 18.5 Å². The molecule has 1 rings (SSSR count). The van der Waals surface area contributed by atoms with Gasteiger partial charge in [0.15, 0.2) is 0 Å². The maximum Gasteiger partial charge on any atom is 0.0381 e. The van der Waals surface area contributed by atoms with Crippen molar-refractivity contribution in [2.45, 2.75) is 19.8 Å². The first kappa shape index (κ1) is 10.6. The summed E-state index contributed by atoms with van der Waals surface area (Å²) in [6.07, 6.45) is 6.04. The Bertz CT molecular complexity index is 298. The second-order valence-electron chi connectivity index (χ2n) is 3.17. The molecule has 0 unspecified atom stereocenters. The highest BCUT2D eigenvalue weighted by Crippen LogP contribution is 2.12. The van der Waals surface area contributed by atoms with Crippen molar-refractivity contribution in [2.75, 3.05) is 5.32 Å². The van der Waals surface area contributed by atoms with Gasteiger partial charge in [0.1, 0.15) is 0 Å². The van der Waals surface area contributed by atoms with Crippen LogP contribution in [0.5, 0.6) is 0 Å². The summed E-state index contributed by atoms with van der Waals surface area (Å²) < 4.78 is 0. The van der Waals surface area contributed by atoms with Gasteiger partial charge in [-0.25, -0.2) is 0 Å². The Labute approximate surface area is 86.2 Å². The van der Waals surface area contributed by atoms with Gasteiger partial charge in [0.25, 0.3) is 0 Å². The van der Waals surface area contributed by atoms with Crippen LogP contribution in [0.15, 0.2) is 54.8 Å². The molecule has 0 radical (unpaired) electrons. The van der Waals surface area contributed by atoms with Crippen LogP contribution in [0.25, 0.3) is 0 Å². The molecular formula is C13H17N. The third-order valence-electron chi connectivity index (χ3n) is 1.92. The summed E-state index contributed by atoms with van der Waals surface area (Å²) >= 11 is 0. The Kier molecular flexibility index (Phi) is 4.56. The summed E-state index contributed by atoms with van der Waals surface area (Å²) in [5, 5.41) is 3.37. The molecular weight excluding hydrogens is 170 g/mol. The molecule has 0 bridgehead atoms. The number of allylic oxidation sites excluding steroid dienone is 3. The first-order chi connectivity index (χ1) is 6.86. The Morgan fingerprint density at radius 2 is 2.07 bits per heavy atom. The van der Waals surface area contributed by atoms with E-state index in [1.165, 1.54) is 5.70 Å². The van der Waals surface area contributed by atoms with Crippen LogP contribution < -0.4 is 5.32 Å². The number of hydrogen-bond acceptors (Lipinski definition) is 1. The summed E-state index contributed by atoms with van der Waals surface area (Å²) in [6, 6.07) is 10.2. The lowest BCUT2D eigenvalue weighted by molar-refractivity contribution is 0.910. The fraction of sp³-hybridized carbons (Fsp3) is 0.231. The highest BCUT2D eigenvalue weighted by atomic mass is 14.9. The summed E-state index contributed by atoms with van der Waals surface area (Å²) in [7, 11) is 0. The van der Waals surface area contributed by atoms with Crippen LogP contribution in [0.3, 0.4) is 0 Å². The topological polar surface area (TPSA) is 12.0 Å². The van der Waals surface area contributed by atoms with Crippen molar-refractivity contribution in [1.29, 1.82) is 0 Å². The lowest BCUT2D eigenvalue weighted by Crippen LogP contribution is -1.98. The van der Waals surface area contributed by atoms with Gasteiger partial charge in [-0.05, 0) is 24.6 Å². The highest BCUT2D eigenvalue weighted by molar-refractivity contribution is 5.48. The molecule has 0 aliphatic heterocycles. The third kappa shape index (κ3) is 3.48. The predicted molar refractivity (Wildman–Crippen MR) is 63.3 cm³/mol. The predicted octanol–water partition coefficient (Wildman–Crippen LogP) is 3.97. The summed E-state index contributed by atoms with van der Waals surface area (Å²) in [4.78, 5) is 0. The van der Waals surface area contributed by atoms with Crippen LogP contribution in [0.1, 0.15) is 19.8 Å². The molecule has 0 aromatic heterocycles. The number of rotatable bonds is 5. The van der Waals surface area contributed by atoms with E-state index < -0.39 is 0 Å². The van der Waals surface area contributed by atoms with Crippen LogP contribution in [0.4, 0.5) is 5.69 Å². The molecule has 1 N–H and O–H groups in total. The maximum absolute atomic E-state index is 3.71. The minimum absolute atomic E-state index is 1.06. The van der Waals surface area contributed by atoms with Crippen molar-refractivity contribution < 1.29 is 0 Å². The molecule has 0 amide bonds. The van der Waals surface area contributed by atoms with Gasteiger partial charge >= 0.3 is 0 Å². The first-order valence-electron chi connectivity index (χ1n) is 5.00. The van der Waals surface area contributed by atoms with E-state index >= 15 is 0 Å². The molecule has 14 heavy (non-hydrogen) atoms. The molecule has 0 aliphatic rings. The molecule has 1 aromatic rings. The van der Waals surface area contributed by atoms with Crippen molar-refractivity contribution >= 4 is 5.69 Å². The van der Waals surface area contributed by atoms with E-state index in [2.05, 4.69) is 31.0 Å². The standard InChI is InChI=1S/C13H17N/c1-3-8-12(9-4-2)14-13-10-6-5-7-11-13/h3,5-8,10-11,14H,1,4,9H2,2H3/b12-8+. The summed E-state index contributed by atoms with van der Waals surface area (Å²) in [5.41, 5.74) is 2.35. The second-order valence-corrected chi connectivity index (χ2v) is 3.17. The zero-order valence-electron chi connectivity index (χ0n) is 8.66. The monoisotopic (exact) mass is 187 g/mol. The van der Waals surface area contributed by atoms with E-state index in [-0.39, 0.29) is 0 Å². The van der Waals surface area contributed by atoms with Gasteiger partial charge < -0.3 is 5.32 Å². The molecule has 1 nitrogen and oxygen atoms in total. The third-order valence-corrected chi connectivity index (χ3v) is 1.92. The number of benzene rings is 1. The molecule has 1 heteroatoms. The maximum atomic E-state index is 3.71. The zero-order valence-corrected chi connectivity index (χ0v) is 8.66. The Balaban J connectivity index is 2.65. The van der Waals surface area contributed by atoms with E-state index in [0.29, 0.717) is 0 Å². The fourth-order valence-electron chi connectivity index (χ4n) is 1.31. The van der Waals surface area contributed by atoms with Crippen molar-refractivity contribution in [3.05, 3.63) is 54.8 Å². The van der Waals surface area contributed by atoms with Crippen molar-refractivity contribution in [3.63, 3.8) is 0 Å². The molecule has 0 saturated heterocycles. The number of para-hydroxylation sites is 1. The van der Waals surface area contributed by atoms with Crippen LogP contribution in [-0.2, 0) is 0 Å². The molecule has 0 saturated carbocycles. The molecule has 0 fully saturated rings. The smallest absolute Gasteiger partial charge is 0.0381 e. The summed E-state index contributed by atoms with van der Waals surface area (Å²) in [6.45, 7) is 5.88. The van der Waals surface area contributed by atoms with Crippen molar-refractivity contribution in [1.82, 2.24) is 0 Å². The van der Waals surface area contributed by atoms with E-state index in [1.807, 2.05) is 30.4 Å². The molecule has 0 atom stereocenters. The number of anilines is 1. The average Bonchev–Trinajstić information content (AvgIpc) is 2.20. The van der Waals surface area contributed by atoms with Gasteiger partial charge in [-0.3, -0.25) is 0 Å². The molecule has 0 aliphatic carbocycles. The molecule has 0 spiro atoms. The van der Waals surface area contributed by atoms with Gasteiger partial charge in [-0.15, -0.1) is 0 Å². The Hall–Kier alpha value is -1.50. The van der Waals surface area contributed by atoms with Crippen LogP contribution in [0, 0.1) is 0 Å². The Morgan fingerprint density at radius 1 is 1.36 bits per heavy atom. The average molecular weight is 187 g/mol. The van der Waals surface area contributed by atoms with Gasteiger partial charge in [0.05, 0.1) is 0 Å². The van der Waals surface area contributed by atoms with E-state index in [4.69, 9.17) is 0 Å². The highest BCUT2D eigenvalue weighted by Gasteiger charge is 1.94. The van der Waals surface area contributed by atoms with Gasteiger partial charge in [-0.2, -0.15) is 0 Å². The second kappa shape index (κ2) is 6.03. The zero-order chi connectivity index (χ0) is 10.2. The number of hydrogen-bond donors (Lipinski definition) is 1. The fourth-order valence-corrected chi connectivity index (χ4v) is 1.31. The lowest BCUT2D eigenvalue weighted by Gasteiger charge is -2.09. The largest absolute Gasteiger partial charge is 0.359 e. The molecule has 0 heterocycles. The van der Waals surface area contributed by atoms with E-state index in [1.54, 1.807) is 0 Å². The molecule has 1 aromatic carbocycles. The van der Waals surface area contributed by atoms with Gasteiger partial charge in [0.2, 0.25) is 0 Å². The van der Waals surface area contributed by atoms with Crippen LogP contribution in [0.2, 0.25) is 0 Å². The molecule has 74 valence electrons. The first-order valence-corrected chi connectivity index (χ1v) is 5.00. The van der Waals surface area contributed by atoms with Crippen molar-refractivity contribution in [2.24, 2.45) is 0 Å². The minimum Gasteiger partial charge on any atom is -0.359 e. The van der Waals surface area contributed by atoms with Crippen LogP contribution in [-0.4, -0.2) is 0 Å². The summed E-state index contributed by atoms with van der Waals surface area (Å²) in [5.74, 6) is 0. The van der Waals surface area contributed by atoms with E-state index in [9.17, 15) is 0 Å².